The number of hydrogen-bond acceptors (Lipinski definition) is 4. The molecule has 0 saturated carbocycles. The van der Waals surface area contributed by atoms with Crippen LogP contribution < -0.4 is 16.4 Å². The van der Waals surface area contributed by atoms with Crippen molar-refractivity contribution >= 4 is 11.4 Å². The molecule has 2 aromatic carbocycles. The number of nitrogens with two attached hydrogens (primary N) is 1. The maximum absolute atomic E-state index is 6.48. The maximum Gasteiger partial charge on any atom is 0.146 e. The van der Waals surface area contributed by atoms with Crippen LogP contribution in [-0.4, -0.2) is 40.5 Å². The molecule has 0 aliphatic carbocycles. The number of imidazole rings is 1. The van der Waals surface area contributed by atoms with Gasteiger partial charge in [-0.1, -0.05) is 61.0 Å². The second-order valence-electron chi connectivity index (χ2n) is 10.0. The first kappa shape index (κ1) is 25.5. The van der Waals surface area contributed by atoms with Gasteiger partial charge in [0.2, 0.25) is 0 Å². The fourth-order valence-electron chi connectivity index (χ4n) is 4.99. The van der Waals surface area contributed by atoms with Crippen molar-refractivity contribution in [1.82, 2.24) is 20.6 Å². The second kappa shape index (κ2) is 11.5. The Kier molecular flexibility index (Phi) is 7.75. The van der Waals surface area contributed by atoms with Crippen LogP contribution in [0.3, 0.4) is 0 Å². The Morgan fingerprint density at radius 1 is 1.03 bits per heavy atom. The number of aliphatic imine (C=N–C) groups is 1. The third-order valence-electron chi connectivity index (χ3n) is 7.23. The van der Waals surface area contributed by atoms with Gasteiger partial charge in [-0.2, -0.15) is 0 Å². The number of amidine groups is 1. The Morgan fingerprint density at radius 2 is 1.82 bits per heavy atom. The number of hydrogen-bond donors (Lipinski definition) is 4. The summed E-state index contributed by atoms with van der Waals surface area (Å²) < 4.78 is 0. The summed E-state index contributed by atoms with van der Waals surface area (Å²) in [6, 6.07) is 18.9. The zero-order chi connectivity index (χ0) is 26.4. The summed E-state index contributed by atoms with van der Waals surface area (Å²) in [5.41, 5.74) is 10.3. The molecule has 2 aliphatic heterocycles. The molecule has 2 aliphatic rings. The molecular formula is C32H34N6. The lowest BCUT2D eigenvalue weighted by Crippen LogP contribution is -2.39. The van der Waals surface area contributed by atoms with Crippen molar-refractivity contribution in [2.45, 2.75) is 50.2 Å². The zero-order valence-corrected chi connectivity index (χ0v) is 21.8. The van der Waals surface area contributed by atoms with Crippen molar-refractivity contribution in [2.75, 3.05) is 13.1 Å². The van der Waals surface area contributed by atoms with Gasteiger partial charge in [-0.15, -0.1) is 0 Å². The van der Waals surface area contributed by atoms with Gasteiger partial charge in [-0.3, -0.25) is 0 Å². The second-order valence-corrected chi connectivity index (χ2v) is 10.0. The van der Waals surface area contributed by atoms with Crippen LogP contribution in [0.2, 0.25) is 0 Å². The standard InChI is InChI=1S/C32H34N6/c1-23(25-13-8-14-26(21-25)24-11-4-3-5-12-24)32(2,38-30(33)28-16-9-19-34-28)18-7-6-15-27-22-36-31(37-27)29-17-10-20-35-29/h3-5,8,11-14,21-22,28-29,34-35H,1,9-10,16-17,19-20H2,2H3,(H2,33,38)(H,36,37)/t28-,29-,32?/m0/s1. The molecule has 2 saturated heterocycles. The molecule has 6 heteroatoms. The Labute approximate surface area is 225 Å². The molecule has 3 heterocycles. The molecule has 38 heavy (non-hydrogen) atoms. The third kappa shape index (κ3) is 5.89. The van der Waals surface area contributed by atoms with E-state index in [4.69, 9.17) is 10.7 Å². The quantitative estimate of drug-likeness (QED) is 0.228. The molecule has 0 spiro atoms. The Morgan fingerprint density at radius 3 is 2.58 bits per heavy atom. The molecule has 0 radical (unpaired) electrons. The molecule has 0 bridgehead atoms. The highest BCUT2D eigenvalue weighted by molar-refractivity contribution is 5.89. The van der Waals surface area contributed by atoms with Crippen LogP contribution in [0.4, 0.5) is 0 Å². The Bertz CT molecular complexity index is 1430. The van der Waals surface area contributed by atoms with E-state index < -0.39 is 5.54 Å². The van der Waals surface area contributed by atoms with Crippen LogP contribution in [0.25, 0.3) is 16.7 Å². The monoisotopic (exact) mass is 502 g/mol. The van der Waals surface area contributed by atoms with Gasteiger partial charge < -0.3 is 21.4 Å². The number of nitrogens with one attached hydrogen (secondary N) is 3. The van der Waals surface area contributed by atoms with Crippen molar-refractivity contribution in [3.63, 3.8) is 0 Å². The first-order valence-electron chi connectivity index (χ1n) is 13.3. The summed E-state index contributed by atoms with van der Waals surface area (Å²) in [4.78, 5) is 12.7. The average Bonchev–Trinajstić information content (AvgIpc) is 3.74. The summed E-state index contributed by atoms with van der Waals surface area (Å²) in [5, 5.41) is 6.87. The molecule has 5 rings (SSSR count). The van der Waals surface area contributed by atoms with E-state index in [1.165, 1.54) is 0 Å². The smallest absolute Gasteiger partial charge is 0.146 e. The van der Waals surface area contributed by atoms with Crippen LogP contribution in [-0.2, 0) is 0 Å². The lowest BCUT2D eigenvalue weighted by Gasteiger charge is -2.25. The molecule has 1 unspecified atom stereocenters. The van der Waals surface area contributed by atoms with Gasteiger partial charge in [-0.05, 0) is 91.8 Å². The zero-order valence-electron chi connectivity index (χ0n) is 21.8. The summed E-state index contributed by atoms with van der Waals surface area (Å²) in [6.45, 7) is 8.36. The first-order valence-corrected chi connectivity index (χ1v) is 13.3. The molecule has 3 atom stereocenters. The van der Waals surface area contributed by atoms with Gasteiger partial charge in [0, 0.05) is 0 Å². The third-order valence-corrected chi connectivity index (χ3v) is 7.23. The number of nitrogens with zero attached hydrogens (tertiary/aromatic N) is 2. The number of H-pyrrole nitrogens is 1. The van der Waals surface area contributed by atoms with Crippen molar-refractivity contribution in [3.05, 3.63) is 84.5 Å². The predicted molar refractivity (Wildman–Crippen MR) is 155 cm³/mol. The lowest BCUT2D eigenvalue weighted by atomic mass is 9.87. The minimum atomic E-state index is -0.939. The largest absolute Gasteiger partial charge is 0.386 e. The highest BCUT2D eigenvalue weighted by atomic mass is 15.0. The van der Waals surface area contributed by atoms with Crippen LogP contribution >= 0.6 is 0 Å². The SMILES string of the molecule is C=C(c1cccc(-c2ccccc2)c1)C(C)(C#CC#Cc1cnc([C@@H]2CCCN2)[nH]1)/N=C(\N)[C@@H]1CCCN1. The fourth-order valence-corrected chi connectivity index (χ4v) is 4.99. The molecule has 1 aromatic heterocycles. The minimum absolute atomic E-state index is 0.0540. The molecular weight excluding hydrogens is 468 g/mol. The van der Waals surface area contributed by atoms with E-state index in [9.17, 15) is 0 Å². The van der Waals surface area contributed by atoms with Crippen LogP contribution in [0.5, 0.6) is 0 Å². The van der Waals surface area contributed by atoms with E-state index in [0.29, 0.717) is 5.84 Å². The van der Waals surface area contributed by atoms with Gasteiger partial charge in [0.1, 0.15) is 22.9 Å². The van der Waals surface area contributed by atoms with Crippen molar-refractivity contribution in [2.24, 2.45) is 10.7 Å². The van der Waals surface area contributed by atoms with E-state index in [1.54, 1.807) is 6.20 Å². The average molecular weight is 503 g/mol. The number of rotatable bonds is 6. The topological polar surface area (TPSA) is 91.1 Å². The molecule has 0 amide bonds. The molecule has 6 nitrogen and oxygen atoms in total. The summed E-state index contributed by atoms with van der Waals surface area (Å²) >= 11 is 0. The Hall–Kier alpha value is -4.10. The number of aromatic amines is 1. The van der Waals surface area contributed by atoms with Gasteiger partial charge in [0.05, 0.1) is 18.3 Å². The Balaban J connectivity index is 1.43. The van der Waals surface area contributed by atoms with Crippen molar-refractivity contribution in [3.8, 4) is 34.8 Å². The molecule has 2 fully saturated rings. The maximum atomic E-state index is 6.48. The summed E-state index contributed by atoms with van der Waals surface area (Å²) in [7, 11) is 0. The highest BCUT2D eigenvalue weighted by Gasteiger charge is 2.29. The van der Waals surface area contributed by atoms with Gasteiger partial charge >= 0.3 is 0 Å². The van der Waals surface area contributed by atoms with Gasteiger partial charge in [-0.25, -0.2) is 9.98 Å². The molecule has 5 N–H and O–H groups in total. The van der Waals surface area contributed by atoms with Gasteiger partial charge in [0.25, 0.3) is 0 Å². The van der Waals surface area contributed by atoms with Crippen molar-refractivity contribution < 1.29 is 0 Å². The van der Waals surface area contributed by atoms with E-state index >= 15 is 0 Å². The normalized spacial score (nSPS) is 20.6. The minimum Gasteiger partial charge on any atom is -0.386 e. The van der Waals surface area contributed by atoms with Crippen molar-refractivity contribution in [1.29, 1.82) is 0 Å². The molecule has 192 valence electrons. The van der Waals surface area contributed by atoms with Gasteiger partial charge in [0.15, 0.2) is 0 Å². The number of benzene rings is 2. The van der Waals surface area contributed by atoms with Crippen LogP contribution in [0, 0.1) is 23.7 Å². The highest BCUT2D eigenvalue weighted by Crippen LogP contribution is 2.32. The summed E-state index contributed by atoms with van der Waals surface area (Å²) in [5.74, 6) is 13.8. The van der Waals surface area contributed by atoms with E-state index in [0.717, 1.165) is 72.6 Å². The van der Waals surface area contributed by atoms with E-state index in [1.807, 2.05) is 37.3 Å². The van der Waals surface area contributed by atoms with Crippen LogP contribution in [0.15, 0.2) is 72.4 Å². The fraction of sp³-hybridized carbons (Fsp3) is 0.312. The van der Waals surface area contributed by atoms with Crippen LogP contribution in [0.1, 0.15) is 55.7 Å². The predicted octanol–water partition coefficient (Wildman–Crippen LogP) is 4.44. The summed E-state index contributed by atoms with van der Waals surface area (Å²) in [6.07, 6.45) is 6.05. The lowest BCUT2D eigenvalue weighted by molar-refractivity contribution is 0.612. The van der Waals surface area contributed by atoms with E-state index in [2.05, 4.69) is 75.1 Å². The van der Waals surface area contributed by atoms with E-state index in [-0.39, 0.29) is 12.1 Å². The number of aromatic nitrogens is 2. The first-order chi connectivity index (χ1) is 18.5. The molecule has 3 aromatic rings.